The Bertz CT molecular complexity index is 654. The zero-order valence-electron chi connectivity index (χ0n) is 20.2. The van der Waals surface area contributed by atoms with Crippen LogP contribution in [0, 0.1) is 0 Å². The van der Waals surface area contributed by atoms with Gasteiger partial charge in [0.15, 0.2) is 5.75 Å². The van der Waals surface area contributed by atoms with E-state index >= 15 is 0 Å². The highest BCUT2D eigenvalue weighted by molar-refractivity contribution is 5.94. The van der Waals surface area contributed by atoms with Gasteiger partial charge in [-0.05, 0) is 36.8 Å². The van der Waals surface area contributed by atoms with E-state index in [9.17, 15) is 15.0 Å². The van der Waals surface area contributed by atoms with Crippen molar-refractivity contribution in [3.8, 4) is 11.5 Å². The second-order valence-electron chi connectivity index (χ2n) is 8.42. The van der Waals surface area contributed by atoms with Crippen molar-refractivity contribution < 1.29 is 24.8 Å². The summed E-state index contributed by atoms with van der Waals surface area (Å²) in [5.74, 6) is -1.22. The molecule has 0 bridgehead atoms. The standard InChI is InChI=1S/C26H44O5/c1-5-9-10-11-12-13-14-15-19-30-31-25-22(18-8-4)20(16-6-2)21(17-7-3)23(24(25)27)26(28)29/h27H,5-19H2,1-4H3,(H,28,29). The van der Waals surface area contributed by atoms with Gasteiger partial charge >= 0.3 is 5.97 Å². The topological polar surface area (TPSA) is 76.0 Å². The van der Waals surface area contributed by atoms with Crippen molar-refractivity contribution in [1.29, 1.82) is 0 Å². The molecule has 2 N–H and O–H groups in total. The van der Waals surface area contributed by atoms with Gasteiger partial charge in [-0.15, -0.1) is 0 Å². The van der Waals surface area contributed by atoms with Crippen LogP contribution in [0.4, 0.5) is 0 Å². The monoisotopic (exact) mass is 436 g/mol. The quantitative estimate of drug-likeness (QED) is 0.142. The molecular weight excluding hydrogens is 392 g/mol. The number of carboxylic acid groups (broad SMARTS) is 1. The highest BCUT2D eigenvalue weighted by Gasteiger charge is 2.28. The van der Waals surface area contributed by atoms with Gasteiger partial charge in [0.1, 0.15) is 5.56 Å². The molecule has 1 rings (SSSR count). The Morgan fingerprint density at radius 2 is 1.23 bits per heavy atom. The van der Waals surface area contributed by atoms with Crippen LogP contribution in [-0.4, -0.2) is 22.8 Å². The first-order valence-corrected chi connectivity index (χ1v) is 12.4. The molecule has 0 atom stereocenters. The number of benzene rings is 1. The van der Waals surface area contributed by atoms with Crippen LogP contribution in [0.3, 0.4) is 0 Å². The molecule has 0 radical (unpaired) electrons. The van der Waals surface area contributed by atoms with E-state index in [1.807, 2.05) is 6.92 Å². The first kappa shape index (κ1) is 27.3. The Morgan fingerprint density at radius 3 is 1.77 bits per heavy atom. The maximum absolute atomic E-state index is 12.0. The molecule has 0 fully saturated rings. The van der Waals surface area contributed by atoms with Crippen LogP contribution in [0.25, 0.3) is 0 Å². The molecule has 0 saturated heterocycles. The van der Waals surface area contributed by atoms with E-state index in [0.29, 0.717) is 13.0 Å². The van der Waals surface area contributed by atoms with Crippen molar-refractivity contribution in [2.45, 2.75) is 118 Å². The third kappa shape index (κ3) is 8.72. The smallest absolute Gasteiger partial charge is 0.339 e. The van der Waals surface area contributed by atoms with E-state index in [-0.39, 0.29) is 17.1 Å². The van der Waals surface area contributed by atoms with E-state index in [4.69, 9.17) is 9.78 Å². The third-order valence-corrected chi connectivity index (χ3v) is 5.69. The number of hydrogen-bond donors (Lipinski definition) is 2. The molecular formula is C26H44O5. The molecule has 1 aromatic rings. The van der Waals surface area contributed by atoms with Crippen LogP contribution in [0.2, 0.25) is 0 Å². The van der Waals surface area contributed by atoms with Gasteiger partial charge in [-0.25, -0.2) is 4.79 Å². The number of hydrogen-bond acceptors (Lipinski definition) is 4. The second kappa shape index (κ2) is 16.0. The summed E-state index contributed by atoms with van der Waals surface area (Å²) in [6.45, 7) is 8.83. The van der Waals surface area contributed by atoms with Crippen molar-refractivity contribution in [3.63, 3.8) is 0 Å². The Labute approximate surface area is 189 Å². The SMILES string of the molecule is CCCCCCCCCCOOc1c(O)c(C(=O)O)c(CCC)c(CCC)c1CCC. The van der Waals surface area contributed by atoms with Crippen LogP contribution in [0.15, 0.2) is 0 Å². The highest BCUT2D eigenvalue weighted by atomic mass is 17.2. The van der Waals surface area contributed by atoms with Gasteiger partial charge in [-0.2, -0.15) is 4.89 Å². The first-order valence-electron chi connectivity index (χ1n) is 12.4. The zero-order chi connectivity index (χ0) is 23.1. The number of unbranched alkanes of at least 4 members (excludes halogenated alkanes) is 7. The lowest BCUT2D eigenvalue weighted by Gasteiger charge is -2.21. The third-order valence-electron chi connectivity index (χ3n) is 5.69. The van der Waals surface area contributed by atoms with E-state index < -0.39 is 5.97 Å². The van der Waals surface area contributed by atoms with Gasteiger partial charge in [0.25, 0.3) is 0 Å². The van der Waals surface area contributed by atoms with E-state index in [1.54, 1.807) is 0 Å². The summed E-state index contributed by atoms with van der Waals surface area (Å²) in [4.78, 5) is 23.0. The number of carbonyl (C=O) groups is 1. The Morgan fingerprint density at radius 1 is 0.710 bits per heavy atom. The van der Waals surface area contributed by atoms with Gasteiger partial charge in [0, 0.05) is 5.56 Å². The number of aromatic hydroxyl groups is 1. The van der Waals surface area contributed by atoms with E-state index in [0.717, 1.165) is 61.6 Å². The minimum Gasteiger partial charge on any atom is -0.504 e. The van der Waals surface area contributed by atoms with E-state index in [1.165, 1.54) is 38.5 Å². The normalized spacial score (nSPS) is 11.1. The summed E-state index contributed by atoms with van der Waals surface area (Å²) >= 11 is 0. The van der Waals surface area contributed by atoms with Gasteiger partial charge in [-0.3, -0.25) is 0 Å². The predicted octanol–water partition coefficient (Wildman–Crippen LogP) is 7.40. The molecule has 0 unspecified atom stereocenters. The second-order valence-corrected chi connectivity index (χ2v) is 8.42. The fourth-order valence-corrected chi connectivity index (χ4v) is 4.18. The Kier molecular flexibility index (Phi) is 14.1. The van der Waals surface area contributed by atoms with Crippen LogP contribution in [0.5, 0.6) is 11.5 Å². The van der Waals surface area contributed by atoms with Crippen LogP contribution >= 0.6 is 0 Å². The predicted molar refractivity (Wildman–Crippen MR) is 126 cm³/mol. The summed E-state index contributed by atoms with van der Waals surface area (Å²) in [7, 11) is 0. The van der Waals surface area contributed by atoms with Crippen LogP contribution in [-0.2, 0) is 24.2 Å². The molecule has 31 heavy (non-hydrogen) atoms. The molecule has 0 aromatic heterocycles. The molecule has 5 nitrogen and oxygen atoms in total. The summed E-state index contributed by atoms with van der Waals surface area (Å²) in [5.41, 5.74) is 2.61. The fraction of sp³-hybridized carbons (Fsp3) is 0.731. The molecule has 178 valence electrons. The van der Waals surface area contributed by atoms with Crippen molar-refractivity contribution >= 4 is 5.97 Å². The van der Waals surface area contributed by atoms with Crippen LogP contribution < -0.4 is 4.89 Å². The average molecular weight is 437 g/mol. The molecule has 0 aliphatic carbocycles. The van der Waals surface area contributed by atoms with Gasteiger partial charge in [0.05, 0.1) is 6.61 Å². The van der Waals surface area contributed by atoms with E-state index in [2.05, 4.69) is 20.8 Å². The summed E-state index contributed by atoms with van der Waals surface area (Å²) in [6, 6.07) is 0. The lowest BCUT2D eigenvalue weighted by Crippen LogP contribution is -2.13. The molecule has 5 heteroatoms. The lowest BCUT2D eigenvalue weighted by molar-refractivity contribution is -0.208. The van der Waals surface area contributed by atoms with Gasteiger partial charge in [-0.1, -0.05) is 91.9 Å². The molecule has 0 heterocycles. The van der Waals surface area contributed by atoms with Gasteiger partial charge < -0.3 is 15.1 Å². The first-order chi connectivity index (χ1) is 15.0. The van der Waals surface area contributed by atoms with Crippen LogP contribution in [0.1, 0.15) is 125 Å². The van der Waals surface area contributed by atoms with Gasteiger partial charge in [0.2, 0.25) is 5.75 Å². The maximum Gasteiger partial charge on any atom is 0.339 e. The van der Waals surface area contributed by atoms with Crippen molar-refractivity contribution in [1.82, 2.24) is 0 Å². The number of phenols is 1. The largest absolute Gasteiger partial charge is 0.504 e. The average Bonchev–Trinajstić information content (AvgIpc) is 2.73. The fourth-order valence-electron chi connectivity index (χ4n) is 4.18. The number of carboxylic acids is 1. The number of aromatic carboxylic acids is 1. The molecule has 0 aliphatic heterocycles. The maximum atomic E-state index is 12.0. The minimum atomic E-state index is -1.12. The summed E-state index contributed by atoms with van der Waals surface area (Å²) in [6.07, 6.45) is 14.3. The number of rotatable bonds is 18. The Balaban J connectivity index is 2.89. The molecule has 1 aromatic carbocycles. The van der Waals surface area contributed by atoms with Crippen molar-refractivity contribution in [2.75, 3.05) is 6.61 Å². The van der Waals surface area contributed by atoms with Crippen molar-refractivity contribution in [2.24, 2.45) is 0 Å². The highest BCUT2D eigenvalue weighted by Crippen LogP contribution is 2.41. The summed E-state index contributed by atoms with van der Waals surface area (Å²) < 4.78 is 0. The summed E-state index contributed by atoms with van der Waals surface area (Å²) in [5, 5.41) is 20.6. The minimum absolute atomic E-state index is 0.0316. The zero-order valence-corrected chi connectivity index (χ0v) is 20.2. The molecule has 0 aliphatic rings. The lowest BCUT2D eigenvalue weighted by atomic mass is 9.87. The van der Waals surface area contributed by atoms with Crippen molar-refractivity contribution in [3.05, 3.63) is 22.3 Å². The molecule has 0 spiro atoms. The Hall–Kier alpha value is -1.75. The molecule has 0 saturated carbocycles. The molecule has 0 amide bonds.